The van der Waals surface area contributed by atoms with E-state index in [1.807, 2.05) is 26.0 Å². The fraction of sp³-hybridized carbons (Fsp3) is 0.409. The van der Waals surface area contributed by atoms with E-state index < -0.39 is 11.7 Å². The lowest BCUT2D eigenvalue weighted by atomic mass is 9.63. The Kier molecular flexibility index (Phi) is 3.93. The Morgan fingerprint density at radius 3 is 2.52 bits per heavy atom. The fourth-order valence-electron chi connectivity index (χ4n) is 4.66. The molecule has 3 aliphatic rings. The molecule has 2 aromatic rings. The fourth-order valence-corrected chi connectivity index (χ4v) is 4.66. The van der Waals surface area contributed by atoms with Crippen molar-refractivity contribution in [1.29, 1.82) is 0 Å². The Morgan fingerprint density at radius 1 is 1.03 bits per heavy atom. The molecule has 0 radical (unpaired) electrons. The van der Waals surface area contributed by atoms with E-state index in [2.05, 4.69) is 0 Å². The van der Waals surface area contributed by atoms with Crippen molar-refractivity contribution in [1.82, 2.24) is 0 Å². The van der Waals surface area contributed by atoms with Crippen molar-refractivity contribution in [3.05, 3.63) is 47.0 Å². The highest BCUT2D eigenvalue weighted by Crippen LogP contribution is 2.58. The molecule has 7 heteroatoms. The first-order chi connectivity index (χ1) is 13.9. The molecule has 4 atom stereocenters. The standard InChI is InChI=1S/C22H22O7/c1-11-12(2)22(24,14-4-6-16-18(8-14)27-9-25-16)19-15(20(11)29-13(3)23)5-7-17-21(19)28-10-26-17/h4-8,11-12,20,24H,9-10H2,1-3H3/t11-,12-,20+,22+/m0/s1. The maximum atomic E-state index is 12.2. The molecule has 0 fully saturated rings. The zero-order valence-corrected chi connectivity index (χ0v) is 16.4. The minimum atomic E-state index is -1.40. The van der Waals surface area contributed by atoms with Crippen molar-refractivity contribution < 1.29 is 33.6 Å². The number of aliphatic hydroxyl groups is 1. The monoisotopic (exact) mass is 398 g/mol. The molecule has 0 saturated carbocycles. The highest BCUT2D eigenvalue weighted by atomic mass is 16.7. The zero-order chi connectivity index (χ0) is 20.3. The van der Waals surface area contributed by atoms with E-state index >= 15 is 0 Å². The number of carbonyl (C=O) groups is 1. The van der Waals surface area contributed by atoms with Crippen LogP contribution in [0.2, 0.25) is 0 Å². The molecule has 1 N–H and O–H groups in total. The summed E-state index contributed by atoms with van der Waals surface area (Å²) in [5.74, 6) is 1.46. The summed E-state index contributed by atoms with van der Waals surface area (Å²) in [4.78, 5) is 11.8. The van der Waals surface area contributed by atoms with Gasteiger partial charge in [0.1, 0.15) is 11.7 Å². The lowest BCUT2D eigenvalue weighted by Gasteiger charge is -2.47. The number of benzene rings is 2. The Morgan fingerprint density at radius 2 is 1.72 bits per heavy atom. The van der Waals surface area contributed by atoms with Gasteiger partial charge >= 0.3 is 5.97 Å². The molecule has 0 spiro atoms. The summed E-state index contributed by atoms with van der Waals surface area (Å²) in [6, 6.07) is 9.07. The number of hydrogen-bond acceptors (Lipinski definition) is 7. The second kappa shape index (κ2) is 6.29. The third-order valence-corrected chi connectivity index (χ3v) is 6.29. The van der Waals surface area contributed by atoms with Gasteiger partial charge in [-0.2, -0.15) is 0 Å². The Balaban J connectivity index is 1.75. The quantitative estimate of drug-likeness (QED) is 0.778. The Hall–Kier alpha value is -2.93. The van der Waals surface area contributed by atoms with Gasteiger partial charge in [0.2, 0.25) is 13.6 Å². The molecule has 0 saturated heterocycles. The molecular formula is C22H22O7. The number of rotatable bonds is 2. The van der Waals surface area contributed by atoms with E-state index in [1.165, 1.54) is 6.92 Å². The summed E-state index contributed by atoms with van der Waals surface area (Å²) in [5.41, 5.74) is 0.553. The van der Waals surface area contributed by atoms with Crippen LogP contribution in [-0.4, -0.2) is 24.7 Å². The number of ether oxygens (including phenoxy) is 5. The van der Waals surface area contributed by atoms with Crippen molar-refractivity contribution >= 4 is 5.97 Å². The third kappa shape index (κ3) is 2.50. The summed E-state index contributed by atoms with van der Waals surface area (Å²) in [5, 5.41) is 12.2. The summed E-state index contributed by atoms with van der Waals surface area (Å²) < 4.78 is 27.9. The van der Waals surface area contributed by atoms with Crippen LogP contribution in [0.15, 0.2) is 30.3 Å². The van der Waals surface area contributed by atoms with Crippen molar-refractivity contribution in [2.24, 2.45) is 11.8 Å². The number of esters is 1. The molecule has 7 nitrogen and oxygen atoms in total. The summed E-state index contributed by atoms with van der Waals surface area (Å²) >= 11 is 0. The smallest absolute Gasteiger partial charge is 0.303 e. The molecule has 0 bridgehead atoms. The molecule has 5 rings (SSSR count). The molecule has 2 aliphatic heterocycles. The largest absolute Gasteiger partial charge is 0.457 e. The van der Waals surface area contributed by atoms with Gasteiger partial charge in [0.25, 0.3) is 0 Å². The molecule has 1 aliphatic carbocycles. The van der Waals surface area contributed by atoms with Crippen LogP contribution in [-0.2, 0) is 15.1 Å². The molecule has 2 heterocycles. The lowest BCUT2D eigenvalue weighted by molar-refractivity contribution is -0.155. The van der Waals surface area contributed by atoms with Crippen molar-refractivity contribution in [3.63, 3.8) is 0 Å². The van der Waals surface area contributed by atoms with E-state index in [4.69, 9.17) is 23.7 Å². The molecule has 152 valence electrons. The van der Waals surface area contributed by atoms with Gasteiger partial charge in [-0.15, -0.1) is 0 Å². The number of hydrogen-bond donors (Lipinski definition) is 1. The third-order valence-electron chi connectivity index (χ3n) is 6.29. The van der Waals surface area contributed by atoms with Gasteiger partial charge in [0.05, 0.1) is 0 Å². The average Bonchev–Trinajstić information content (AvgIpc) is 3.36. The average molecular weight is 398 g/mol. The predicted molar refractivity (Wildman–Crippen MR) is 101 cm³/mol. The van der Waals surface area contributed by atoms with Crippen LogP contribution in [0.4, 0.5) is 0 Å². The van der Waals surface area contributed by atoms with Crippen LogP contribution in [0.5, 0.6) is 23.0 Å². The van der Waals surface area contributed by atoms with E-state index in [1.54, 1.807) is 18.2 Å². The highest BCUT2D eigenvalue weighted by Gasteiger charge is 2.53. The van der Waals surface area contributed by atoms with Crippen LogP contribution in [0, 0.1) is 11.8 Å². The van der Waals surface area contributed by atoms with Gasteiger partial charge in [0, 0.05) is 24.0 Å². The summed E-state index contributed by atoms with van der Waals surface area (Å²) in [7, 11) is 0. The molecule has 0 aromatic heterocycles. The zero-order valence-electron chi connectivity index (χ0n) is 16.4. The Labute approximate surface area is 168 Å². The van der Waals surface area contributed by atoms with Crippen LogP contribution < -0.4 is 18.9 Å². The van der Waals surface area contributed by atoms with Gasteiger partial charge in [-0.05, 0) is 29.7 Å². The van der Waals surface area contributed by atoms with E-state index in [9.17, 15) is 9.90 Å². The topological polar surface area (TPSA) is 83.5 Å². The van der Waals surface area contributed by atoms with Crippen molar-refractivity contribution in [2.75, 3.05) is 13.6 Å². The van der Waals surface area contributed by atoms with Gasteiger partial charge in [-0.3, -0.25) is 4.79 Å². The minimum Gasteiger partial charge on any atom is -0.457 e. The molecule has 2 aromatic carbocycles. The van der Waals surface area contributed by atoms with Gasteiger partial charge in [0.15, 0.2) is 23.0 Å². The van der Waals surface area contributed by atoms with E-state index in [-0.39, 0.29) is 31.4 Å². The van der Waals surface area contributed by atoms with E-state index in [0.717, 1.165) is 5.56 Å². The maximum Gasteiger partial charge on any atom is 0.303 e. The summed E-state index contributed by atoms with van der Waals surface area (Å²) in [6.07, 6.45) is -0.499. The SMILES string of the molecule is CC(=O)O[C@H]1c2ccc3c(c2[C@](O)(c2ccc4c(c2)OCO4)[C@@H](C)[C@@H]1C)OCO3. The van der Waals surface area contributed by atoms with Crippen LogP contribution in [0.3, 0.4) is 0 Å². The van der Waals surface area contributed by atoms with Gasteiger partial charge in [-0.25, -0.2) is 0 Å². The van der Waals surface area contributed by atoms with Gasteiger partial charge < -0.3 is 28.8 Å². The minimum absolute atomic E-state index is 0.0746. The number of fused-ring (bicyclic) bond motifs is 4. The van der Waals surface area contributed by atoms with Crippen LogP contribution >= 0.6 is 0 Å². The van der Waals surface area contributed by atoms with Crippen molar-refractivity contribution in [2.45, 2.75) is 32.5 Å². The maximum absolute atomic E-state index is 12.2. The normalized spacial score (nSPS) is 28.8. The van der Waals surface area contributed by atoms with Crippen LogP contribution in [0.25, 0.3) is 0 Å². The lowest BCUT2D eigenvalue weighted by Crippen LogP contribution is -2.46. The number of carbonyl (C=O) groups excluding carboxylic acids is 1. The second-order valence-electron chi connectivity index (χ2n) is 7.78. The first-order valence-electron chi connectivity index (χ1n) is 9.64. The molecule has 0 amide bonds. The molecule has 0 unspecified atom stereocenters. The first-order valence-corrected chi connectivity index (χ1v) is 9.64. The van der Waals surface area contributed by atoms with Crippen molar-refractivity contribution in [3.8, 4) is 23.0 Å². The highest BCUT2D eigenvalue weighted by molar-refractivity contribution is 5.67. The first kappa shape index (κ1) is 18.1. The second-order valence-corrected chi connectivity index (χ2v) is 7.78. The molecular weight excluding hydrogens is 376 g/mol. The van der Waals surface area contributed by atoms with Crippen LogP contribution in [0.1, 0.15) is 43.6 Å². The van der Waals surface area contributed by atoms with E-state index in [0.29, 0.717) is 34.1 Å². The Bertz CT molecular complexity index is 1000. The molecule has 29 heavy (non-hydrogen) atoms. The summed E-state index contributed by atoms with van der Waals surface area (Å²) in [6.45, 7) is 5.54. The predicted octanol–water partition coefficient (Wildman–Crippen LogP) is 3.27. The van der Waals surface area contributed by atoms with Gasteiger partial charge in [-0.1, -0.05) is 26.0 Å².